The van der Waals surface area contributed by atoms with Gasteiger partial charge in [-0.15, -0.1) is 0 Å². The van der Waals surface area contributed by atoms with Crippen molar-refractivity contribution >= 4 is 43.1 Å². The zero-order valence-electron chi connectivity index (χ0n) is 33.7. The lowest BCUT2D eigenvalue weighted by Crippen LogP contribution is -1.95. The summed E-state index contributed by atoms with van der Waals surface area (Å²) >= 11 is 0. The summed E-state index contributed by atoms with van der Waals surface area (Å²) in [5.74, 6) is 0.726. The standard InChI is InChI=1S/C60H36N2/c1-3-14-37(15-4-1)43-22-7-9-24-45(43)47-30-28-40-29-31-51-54(46-25-10-8-23-44(46)38-16-5-2-6-17-38)35-53(50-33-32-49(47)57(40)58(50)51)41-20-11-21-42(34-41)60-61-36-55-48-26-12-18-39-19-13-27-52(56(39)48)59(55)62-60/h1-36H. The molecule has 0 atom stereocenters. The minimum atomic E-state index is 0.726. The number of rotatable bonds is 6. The Morgan fingerprint density at radius 1 is 0.258 bits per heavy atom. The number of hydrogen-bond donors (Lipinski definition) is 0. The molecule has 0 spiro atoms. The maximum atomic E-state index is 5.29. The first-order chi connectivity index (χ1) is 30.8. The Balaban J connectivity index is 1.06. The van der Waals surface area contributed by atoms with Crippen molar-refractivity contribution in [3.8, 4) is 89.4 Å². The molecule has 62 heavy (non-hydrogen) atoms. The van der Waals surface area contributed by atoms with Crippen molar-refractivity contribution in [1.29, 1.82) is 0 Å². The molecule has 11 aromatic carbocycles. The van der Waals surface area contributed by atoms with Crippen molar-refractivity contribution in [1.82, 2.24) is 9.97 Å². The van der Waals surface area contributed by atoms with Crippen LogP contribution in [0.15, 0.2) is 219 Å². The average molecular weight is 785 g/mol. The molecule has 0 fully saturated rings. The van der Waals surface area contributed by atoms with Gasteiger partial charge in [0.2, 0.25) is 0 Å². The van der Waals surface area contributed by atoms with E-state index in [1.54, 1.807) is 0 Å². The highest BCUT2D eigenvalue weighted by molar-refractivity contribution is 6.30. The molecule has 0 unspecified atom stereocenters. The van der Waals surface area contributed by atoms with Gasteiger partial charge in [-0.2, -0.15) is 0 Å². The number of benzene rings is 11. The summed E-state index contributed by atoms with van der Waals surface area (Å²) in [4.78, 5) is 10.3. The molecule has 1 aromatic heterocycles. The van der Waals surface area contributed by atoms with Gasteiger partial charge in [0.15, 0.2) is 5.82 Å². The zero-order chi connectivity index (χ0) is 40.7. The maximum absolute atomic E-state index is 5.29. The summed E-state index contributed by atoms with van der Waals surface area (Å²) in [6, 6.07) is 77.4. The van der Waals surface area contributed by atoms with Crippen LogP contribution in [0.4, 0.5) is 0 Å². The molecule has 0 bridgehead atoms. The SMILES string of the molecule is c1ccc(-c2ccccc2-c2ccc3ccc4c(-c5ccccc5-c5ccccc5)cc(-c5cccc(-c6ncc7c(n6)-c6cccc8cccc-7c68)c5)c5ccc2c3c54)cc1. The Labute approximate surface area is 359 Å². The normalized spacial score (nSPS) is 11.9. The van der Waals surface area contributed by atoms with Gasteiger partial charge in [-0.1, -0.05) is 200 Å². The van der Waals surface area contributed by atoms with Gasteiger partial charge in [-0.05, 0) is 116 Å². The molecule has 12 aromatic rings. The summed E-state index contributed by atoms with van der Waals surface area (Å²) in [5, 5.41) is 10.00. The van der Waals surface area contributed by atoms with Crippen LogP contribution < -0.4 is 0 Å². The first-order valence-electron chi connectivity index (χ1n) is 21.3. The first kappa shape index (κ1) is 34.6. The molecule has 1 heterocycles. The molecule has 0 N–H and O–H groups in total. The van der Waals surface area contributed by atoms with E-state index in [9.17, 15) is 0 Å². The van der Waals surface area contributed by atoms with Gasteiger partial charge in [0.05, 0.1) is 5.69 Å². The molecule has 1 aliphatic rings. The Hall–Kier alpha value is -8.20. The van der Waals surface area contributed by atoms with Crippen molar-refractivity contribution < 1.29 is 0 Å². The summed E-state index contributed by atoms with van der Waals surface area (Å²) < 4.78 is 0. The van der Waals surface area contributed by atoms with E-state index in [4.69, 9.17) is 9.97 Å². The predicted octanol–water partition coefficient (Wildman–Crippen LogP) is 16.2. The Kier molecular flexibility index (Phi) is 7.64. The predicted molar refractivity (Wildman–Crippen MR) is 260 cm³/mol. The molecule has 1 aliphatic carbocycles. The molecule has 0 aliphatic heterocycles. The minimum absolute atomic E-state index is 0.726. The van der Waals surface area contributed by atoms with Crippen LogP contribution in [-0.2, 0) is 0 Å². The molecule has 13 rings (SSSR count). The quantitative estimate of drug-likeness (QED) is 0.157. The number of hydrogen-bond acceptors (Lipinski definition) is 2. The molecule has 2 heteroatoms. The third-order valence-corrected chi connectivity index (χ3v) is 13.1. The van der Waals surface area contributed by atoms with Crippen LogP contribution in [0.1, 0.15) is 0 Å². The molecule has 2 nitrogen and oxygen atoms in total. The van der Waals surface area contributed by atoms with Crippen molar-refractivity contribution in [2.45, 2.75) is 0 Å². The van der Waals surface area contributed by atoms with E-state index < -0.39 is 0 Å². The lowest BCUT2D eigenvalue weighted by Gasteiger charge is -2.21. The van der Waals surface area contributed by atoms with Crippen LogP contribution >= 0.6 is 0 Å². The van der Waals surface area contributed by atoms with Crippen molar-refractivity contribution in [3.05, 3.63) is 219 Å². The molecule has 0 saturated carbocycles. The smallest absolute Gasteiger partial charge is 0.159 e. The first-order valence-corrected chi connectivity index (χ1v) is 21.3. The van der Waals surface area contributed by atoms with E-state index in [1.165, 1.54) is 104 Å². The Bertz CT molecular complexity index is 3730. The van der Waals surface area contributed by atoms with E-state index in [1.807, 2.05) is 6.20 Å². The highest BCUT2D eigenvalue weighted by atomic mass is 14.9. The van der Waals surface area contributed by atoms with Crippen LogP contribution in [0, 0.1) is 0 Å². The summed E-state index contributed by atoms with van der Waals surface area (Å²) in [7, 11) is 0. The van der Waals surface area contributed by atoms with Crippen molar-refractivity contribution in [3.63, 3.8) is 0 Å². The van der Waals surface area contributed by atoms with E-state index in [-0.39, 0.29) is 0 Å². The summed E-state index contributed by atoms with van der Waals surface area (Å²) in [6.45, 7) is 0. The van der Waals surface area contributed by atoms with Crippen LogP contribution in [0.25, 0.3) is 132 Å². The topological polar surface area (TPSA) is 25.8 Å². The van der Waals surface area contributed by atoms with E-state index in [0.717, 1.165) is 28.2 Å². The minimum Gasteiger partial charge on any atom is -0.236 e. The average Bonchev–Trinajstić information content (AvgIpc) is 3.67. The fourth-order valence-electron chi connectivity index (χ4n) is 10.3. The zero-order valence-corrected chi connectivity index (χ0v) is 33.7. The largest absolute Gasteiger partial charge is 0.236 e. The molecule has 0 radical (unpaired) electrons. The van der Waals surface area contributed by atoms with Gasteiger partial charge >= 0.3 is 0 Å². The van der Waals surface area contributed by atoms with Gasteiger partial charge in [0.25, 0.3) is 0 Å². The van der Waals surface area contributed by atoms with Gasteiger partial charge in [0.1, 0.15) is 0 Å². The van der Waals surface area contributed by atoms with E-state index in [2.05, 4.69) is 212 Å². The molecule has 0 saturated heterocycles. The number of nitrogens with zero attached hydrogens (tertiary/aromatic N) is 2. The van der Waals surface area contributed by atoms with Crippen molar-refractivity contribution in [2.75, 3.05) is 0 Å². The molecule has 286 valence electrons. The third-order valence-electron chi connectivity index (χ3n) is 13.1. The monoisotopic (exact) mass is 784 g/mol. The van der Waals surface area contributed by atoms with Crippen LogP contribution in [0.2, 0.25) is 0 Å². The Morgan fingerprint density at radius 2 is 0.774 bits per heavy atom. The highest BCUT2D eigenvalue weighted by Crippen LogP contribution is 2.49. The number of aromatic nitrogens is 2. The second kappa shape index (κ2) is 13.7. The van der Waals surface area contributed by atoms with Crippen LogP contribution in [-0.4, -0.2) is 9.97 Å². The van der Waals surface area contributed by atoms with Gasteiger partial charge in [0, 0.05) is 22.9 Å². The maximum Gasteiger partial charge on any atom is 0.159 e. The molecular weight excluding hydrogens is 749 g/mol. The van der Waals surface area contributed by atoms with E-state index in [0.29, 0.717) is 0 Å². The molecular formula is C60H36N2. The van der Waals surface area contributed by atoms with Crippen LogP contribution in [0.5, 0.6) is 0 Å². The highest BCUT2D eigenvalue weighted by Gasteiger charge is 2.25. The van der Waals surface area contributed by atoms with Crippen molar-refractivity contribution in [2.24, 2.45) is 0 Å². The second-order valence-electron chi connectivity index (χ2n) is 16.4. The second-order valence-corrected chi connectivity index (χ2v) is 16.4. The third kappa shape index (κ3) is 5.23. The lowest BCUT2D eigenvalue weighted by atomic mass is 9.82. The lowest BCUT2D eigenvalue weighted by molar-refractivity contribution is 1.19. The van der Waals surface area contributed by atoms with Gasteiger partial charge in [-0.3, -0.25) is 0 Å². The van der Waals surface area contributed by atoms with Crippen LogP contribution in [0.3, 0.4) is 0 Å². The van der Waals surface area contributed by atoms with Gasteiger partial charge < -0.3 is 0 Å². The Morgan fingerprint density at radius 3 is 1.50 bits per heavy atom. The fraction of sp³-hybridized carbons (Fsp3) is 0. The number of fused-ring (bicyclic) bond motifs is 3. The van der Waals surface area contributed by atoms with E-state index >= 15 is 0 Å². The van der Waals surface area contributed by atoms with Gasteiger partial charge in [-0.25, -0.2) is 9.97 Å². The fourth-order valence-corrected chi connectivity index (χ4v) is 10.3. The summed E-state index contributed by atoms with van der Waals surface area (Å²) in [6.07, 6.45) is 2.02. The summed E-state index contributed by atoms with van der Waals surface area (Å²) in [5.41, 5.74) is 17.5. The molecule has 0 amide bonds.